The average molecular weight is 246 g/mol. The molecule has 1 saturated heterocycles. The van der Waals surface area contributed by atoms with Gasteiger partial charge in [0.15, 0.2) is 0 Å². The summed E-state index contributed by atoms with van der Waals surface area (Å²) in [6.45, 7) is 8.26. The molecule has 2 unspecified atom stereocenters. The molecule has 1 aromatic carbocycles. The molecule has 0 spiro atoms. The Hall–Kier alpha value is -1.35. The number of carbonyl (C=O) groups is 1. The highest BCUT2D eigenvalue weighted by Gasteiger charge is 2.22. The summed E-state index contributed by atoms with van der Waals surface area (Å²) in [5.74, 6) is 0.595. The van der Waals surface area contributed by atoms with Crippen LogP contribution in [0, 0.1) is 19.8 Å². The highest BCUT2D eigenvalue weighted by atomic mass is 16.1. The molecule has 0 aliphatic carbocycles. The molecule has 1 aliphatic rings. The molecule has 0 saturated carbocycles. The summed E-state index contributed by atoms with van der Waals surface area (Å²) < 4.78 is 0. The lowest BCUT2D eigenvalue weighted by molar-refractivity contribution is 0.0928. The van der Waals surface area contributed by atoms with Crippen LogP contribution in [0.5, 0.6) is 0 Å². The maximum absolute atomic E-state index is 12.1. The number of rotatable bonds is 3. The summed E-state index contributed by atoms with van der Waals surface area (Å²) in [6.07, 6.45) is 1.15. The van der Waals surface area contributed by atoms with E-state index in [0.717, 1.165) is 30.6 Å². The van der Waals surface area contributed by atoms with Crippen LogP contribution < -0.4 is 10.6 Å². The Morgan fingerprint density at radius 3 is 2.78 bits per heavy atom. The lowest BCUT2D eigenvalue weighted by Crippen LogP contribution is -2.38. The summed E-state index contributed by atoms with van der Waals surface area (Å²) in [5, 5.41) is 6.44. The Labute approximate surface area is 109 Å². The summed E-state index contributed by atoms with van der Waals surface area (Å²) >= 11 is 0. The Balaban J connectivity index is 2.00. The second-order valence-electron chi connectivity index (χ2n) is 5.31. The normalized spacial score (nSPS) is 20.7. The van der Waals surface area contributed by atoms with E-state index >= 15 is 0 Å². The molecule has 1 aromatic rings. The average Bonchev–Trinajstić information content (AvgIpc) is 2.86. The topological polar surface area (TPSA) is 41.1 Å². The molecular weight excluding hydrogens is 224 g/mol. The lowest BCUT2D eigenvalue weighted by atomic mass is 10.00. The van der Waals surface area contributed by atoms with Crippen molar-refractivity contribution in [2.45, 2.75) is 33.2 Å². The molecule has 2 N–H and O–H groups in total. The van der Waals surface area contributed by atoms with Gasteiger partial charge < -0.3 is 10.6 Å². The molecule has 3 heteroatoms. The van der Waals surface area contributed by atoms with Crippen molar-refractivity contribution in [3.63, 3.8) is 0 Å². The molecule has 1 fully saturated rings. The smallest absolute Gasteiger partial charge is 0.251 e. The van der Waals surface area contributed by atoms with E-state index in [1.807, 2.05) is 25.1 Å². The van der Waals surface area contributed by atoms with Gasteiger partial charge in [0.25, 0.3) is 5.91 Å². The first kappa shape index (κ1) is 13.1. The Morgan fingerprint density at radius 2 is 2.17 bits per heavy atom. The number of aryl methyl sites for hydroxylation is 2. The minimum atomic E-state index is 0.0394. The fraction of sp³-hybridized carbons (Fsp3) is 0.533. The molecule has 3 nitrogen and oxygen atoms in total. The quantitative estimate of drug-likeness (QED) is 0.857. The van der Waals surface area contributed by atoms with Crippen LogP contribution in [0.25, 0.3) is 0 Å². The summed E-state index contributed by atoms with van der Waals surface area (Å²) in [7, 11) is 0. The maximum atomic E-state index is 12.1. The van der Waals surface area contributed by atoms with E-state index in [1.165, 1.54) is 5.56 Å². The predicted molar refractivity (Wildman–Crippen MR) is 73.8 cm³/mol. The predicted octanol–water partition coefficient (Wildman–Crippen LogP) is 2.03. The third-order valence-electron chi connectivity index (χ3n) is 3.93. The van der Waals surface area contributed by atoms with Gasteiger partial charge in [-0.15, -0.1) is 0 Å². The van der Waals surface area contributed by atoms with Crippen LogP contribution in [-0.4, -0.2) is 25.0 Å². The Morgan fingerprint density at radius 1 is 1.39 bits per heavy atom. The zero-order chi connectivity index (χ0) is 13.1. The van der Waals surface area contributed by atoms with E-state index in [1.54, 1.807) is 0 Å². The Kier molecular flexibility index (Phi) is 4.02. The minimum Gasteiger partial charge on any atom is -0.349 e. The van der Waals surface area contributed by atoms with E-state index in [2.05, 4.69) is 24.5 Å². The van der Waals surface area contributed by atoms with E-state index in [9.17, 15) is 4.79 Å². The number of benzene rings is 1. The van der Waals surface area contributed by atoms with Crippen LogP contribution in [-0.2, 0) is 0 Å². The molecule has 18 heavy (non-hydrogen) atoms. The number of hydrogen-bond donors (Lipinski definition) is 2. The SMILES string of the molecule is Cc1ccc(C(=O)NC(C)C2CCNC2)cc1C. The van der Waals surface area contributed by atoms with Gasteiger partial charge in [-0.1, -0.05) is 6.07 Å². The first-order valence-electron chi connectivity index (χ1n) is 6.67. The molecule has 2 atom stereocenters. The summed E-state index contributed by atoms with van der Waals surface area (Å²) in [5.41, 5.74) is 3.15. The fourth-order valence-corrected chi connectivity index (χ4v) is 2.39. The van der Waals surface area contributed by atoms with Gasteiger partial charge in [0.1, 0.15) is 0 Å². The molecule has 2 rings (SSSR count). The van der Waals surface area contributed by atoms with Crippen LogP contribution >= 0.6 is 0 Å². The number of amides is 1. The molecule has 0 bridgehead atoms. The first-order chi connectivity index (χ1) is 8.58. The first-order valence-corrected chi connectivity index (χ1v) is 6.67. The molecule has 0 radical (unpaired) electrons. The zero-order valence-corrected chi connectivity index (χ0v) is 11.4. The molecule has 1 heterocycles. The third kappa shape index (κ3) is 2.91. The molecule has 1 aliphatic heterocycles. The van der Waals surface area contributed by atoms with Crippen LogP contribution in [0.1, 0.15) is 34.8 Å². The zero-order valence-electron chi connectivity index (χ0n) is 11.4. The van der Waals surface area contributed by atoms with Crippen molar-refractivity contribution >= 4 is 5.91 Å². The molecule has 0 aromatic heterocycles. The van der Waals surface area contributed by atoms with Gasteiger partial charge in [-0.2, -0.15) is 0 Å². The maximum Gasteiger partial charge on any atom is 0.251 e. The number of carbonyl (C=O) groups excluding carboxylic acids is 1. The second kappa shape index (κ2) is 5.53. The van der Waals surface area contributed by atoms with Crippen LogP contribution in [0.3, 0.4) is 0 Å². The lowest BCUT2D eigenvalue weighted by Gasteiger charge is -2.20. The monoisotopic (exact) mass is 246 g/mol. The van der Waals surface area contributed by atoms with Crippen molar-refractivity contribution < 1.29 is 4.79 Å². The largest absolute Gasteiger partial charge is 0.349 e. The van der Waals surface area contributed by atoms with Gasteiger partial charge in [0.05, 0.1) is 0 Å². The molecule has 1 amide bonds. The molecular formula is C15H22N2O. The van der Waals surface area contributed by atoms with E-state index in [-0.39, 0.29) is 11.9 Å². The molecule has 98 valence electrons. The highest BCUT2D eigenvalue weighted by Crippen LogP contribution is 2.14. The van der Waals surface area contributed by atoms with E-state index in [0.29, 0.717) is 5.92 Å². The summed E-state index contributed by atoms with van der Waals surface area (Å²) in [6, 6.07) is 6.10. The van der Waals surface area contributed by atoms with Gasteiger partial charge in [0, 0.05) is 11.6 Å². The van der Waals surface area contributed by atoms with Crippen LogP contribution in [0.15, 0.2) is 18.2 Å². The van der Waals surface area contributed by atoms with Crippen molar-refractivity contribution in [1.82, 2.24) is 10.6 Å². The van der Waals surface area contributed by atoms with Gasteiger partial charge in [0.2, 0.25) is 0 Å². The van der Waals surface area contributed by atoms with Crippen LogP contribution in [0.2, 0.25) is 0 Å². The van der Waals surface area contributed by atoms with Crippen molar-refractivity contribution in [2.24, 2.45) is 5.92 Å². The van der Waals surface area contributed by atoms with Gasteiger partial charge in [-0.25, -0.2) is 0 Å². The van der Waals surface area contributed by atoms with Gasteiger partial charge >= 0.3 is 0 Å². The highest BCUT2D eigenvalue weighted by molar-refractivity contribution is 5.94. The van der Waals surface area contributed by atoms with Crippen molar-refractivity contribution in [1.29, 1.82) is 0 Å². The van der Waals surface area contributed by atoms with Crippen molar-refractivity contribution in [2.75, 3.05) is 13.1 Å². The summed E-state index contributed by atoms with van der Waals surface area (Å²) in [4.78, 5) is 12.1. The minimum absolute atomic E-state index is 0.0394. The van der Waals surface area contributed by atoms with Gasteiger partial charge in [-0.3, -0.25) is 4.79 Å². The third-order valence-corrected chi connectivity index (χ3v) is 3.93. The van der Waals surface area contributed by atoms with Crippen molar-refractivity contribution in [3.05, 3.63) is 34.9 Å². The van der Waals surface area contributed by atoms with E-state index < -0.39 is 0 Å². The van der Waals surface area contributed by atoms with Crippen molar-refractivity contribution in [3.8, 4) is 0 Å². The number of nitrogens with one attached hydrogen (secondary N) is 2. The van der Waals surface area contributed by atoms with Gasteiger partial charge in [-0.05, 0) is 69.5 Å². The second-order valence-corrected chi connectivity index (χ2v) is 5.31. The van der Waals surface area contributed by atoms with Crippen LogP contribution in [0.4, 0.5) is 0 Å². The van der Waals surface area contributed by atoms with E-state index in [4.69, 9.17) is 0 Å². The number of hydrogen-bond acceptors (Lipinski definition) is 2. The fourth-order valence-electron chi connectivity index (χ4n) is 2.39. The standard InChI is InChI=1S/C15H22N2O/c1-10-4-5-13(8-11(10)2)15(18)17-12(3)14-6-7-16-9-14/h4-5,8,12,14,16H,6-7,9H2,1-3H3,(H,17,18). The Bertz CT molecular complexity index is 436.